The molecule has 0 bridgehead atoms. The number of anilines is 1. The SMILES string of the molecule is CC(C)OC(=O)[C@H](C)NP(=O)(N[C@@H](C)C(=O)OC(C)C)c1ccc(-c2nc(N)sc2-c2ccccc2)o1. The largest absolute Gasteiger partial charge is 0.462 e. The van der Waals surface area contributed by atoms with Gasteiger partial charge in [-0.05, 0) is 59.2 Å². The van der Waals surface area contributed by atoms with E-state index in [9.17, 15) is 14.2 Å². The van der Waals surface area contributed by atoms with Crippen LogP contribution in [-0.2, 0) is 23.6 Å². The Morgan fingerprint density at radius 1 is 0.919 bits per heavy atom. The second-order valence-corrected chi connectivity index (χ2v) is 12.2. The van der Waals surface area contributed by atoms with Crippen LogP contribution in [-0.4, -0.2) is 41.2 Å². The zero-order chi connectivity index (χ0) is 27.3. The summed E-state index contributed by atoms with van der Waals surface area (Å²) in [5.41, 5.74) is 7.40. The number of ether oxygens (including phenoxy) is 2. The Hall–Kier alpha value is -2.98. The van der Waals surface area contributed by atoms with Crippen molar-refractivity contribution in [1.29, 1.82) is 0 Å². The van der Waals surface area contributed by atoms with Crippen molar-refractivity contribution < 1.29 is 28.0 Å². The first-order chi connectivity index (χ1) is 17.4. The zero-order valence-corrected chi connectivity index (χ0v) is 23.4. The molecule has 0 aliphatic heterocycles. The maximum atomic E-state index is 14.2. The topological polar surface area (TPSA) is 146 Å². The molecule has 0 amide bonds. The first kappa shape index (κ1) is 28.6. The highest BCUT2D eigenvalue weighted by Gasteiger charge is 2.37. The average Bonchev–Trinajstić information content (AvgIpc) is 3.46. The van der Waals surface area contributed by atoms with Crippen LogP contribution in [0.2, 0.25) is 0 Å². The number of nitrogens with one attached hydrogen (secondary N) is 2. The smallest absolute Gasteiger partial charge is 0.323 e. The van der Waals surface area contributed by atoms with E-state index in [-0.39, 0.29) is 17.7 Å². The van der Waals surface area contributed by atoms with Gasteiger partial charge in [-0.2, -0.15) is 0 Å². The van der Waals surface area contributed by atoms with Gasteiger partial charge in [0, 0.05) is 0 Å². The maximum Gasteiger partial charge on any atom is 0.323 e. The second kappa shape index (κ2) is 12.0. The molecule has 3 rings (SSSR count). The summed E-state index contributed by atoms with van der Waals surface area (Å²) >= 11 is 1.30. The van der Waals surface area contributed by atoms with Gasteiger partial charge in [0.05, 0.1) is 17.1 Å². The number of nitrogen functional groups attached to an aromatic ring is 1. The van der Waals surface area contributed by atoms with E-state index in [1.165, 1.54) is 31.3 Å². The van der Waals surface area contributed by atoms with Crippen LogP contribution in [0, 0.1) is 0 Å². The molecule has 2 heterocycles. The van der Waals surface area contributed by atoms with E-state index in [2.05, 4.69) is 15.2 Å². The van der Waals surface area contributed by atoms with Crippen molar-refractivity contribution in [2.75, 3.05) is 5.73 Å². The lowest BCUT2D eigenvalue weighted by molar-refractivity contribution is -0.149. The number of esters is 2. The predicted molar refractivity (Wildman–Crippen MR) is 145 cm³/mol. The highest BCUT2D eigenvalue weighted by atomic mass is 32.1. The summed E-state index contributed by atoms with van der Waals surface area (Å²) in [7, 11) is -3.88. The Labute approximate surface area is 220 Å². The quantitative estimate of drug-likeness (QED) is 0.234. The molecule has 0 fully saturated rings. The van der Waals surface area contributed by atoms with Crippen molar-refractivity contribution in [3.8, 4) is 21.9 Å². The monoisotopic (exact) mass is 548 g/mol. The third-order valence-corrected chi connectivity index (χ3v) is 8.27. The summed E-state index contributed by atoms with van der Waals surface area (Å²) in [6.07, 6.45) is -0.712. The van der Waals surface area contributed by atoms with Crippen LogP contribution in [0.25, 0.3) is 21.9 Å². The molecule has 2 atom stereocenters. The summed E-state index contributed by atoms with van der Waals surface area (Å²) in [4.78, 5) is 30.2. The van der Waals surface area contributed by atoms with Gasteiger partial charge in [0.25, 0.3) is 7.44 Å². The van der Waals surface area contributed by atoms with Gasteiger partial charge in [0.1, 0.15) is 17.8 Å². The minimum atomic E-state index is -3.88. The molecular formula is C25H33N4O6PS. The number of hydrogen-bond donors (Lipinski definition) is 3. The fourth-order valence-electron chi connectivity index (χ4n) is 3.40. The number of aromatic nitrogens is 1. The van der Waals surface area contributed by atoms with Crippen LogP contribution in [0.3, 0.4) is 0 Å². The minimum absolute atomic E-state index is 0.00137. The first-order valence-electron chi connectivity index (χ1n) is 11.9. The van der Waals surface area contributed by atoms with Gasteiger partial charge < -0.3 is 19.6 Å². The maximum absolute atomic E-state index is 14.2. The van der Waals surface area contributed by atoms with E-state index in [0.717, 1.165) is 10.4 Å². The molecule has 0 aliphatic rings. The highest BCUT2D eigenvalue weighted by molar-refractivity contribution is 7.67. The Kier molecular flexibility index (Phi) is 9.31. The summed E-state index contributed by atoms with van der Waals surface area (Å²) in [5, 5.41) is 5.94. The van der Waals surface area contributed by atoms with Crippen molar-refractivity contribution in [1.82, 2.24) is 15.2 Å². The summed E-state index contributed by atoms with van der Waals surface area (Å²) < 4.78 is 30.8. The molecule has 0 saturated carbocycles. The number of carbonyl (C=O) groups excluding carboxylic acids is 2. The van der Waals surface area contributed by atoms with Crippen molar-refractivity contribution in [2.24, 2.45) is 0 Å². The lowest BCUT2D eigenvalue weighted by atomic mass is 10.1. The first-order valence-corrected chi connectivity index (χ1v) is 14.4. The number of nitrogens with two attached hydrogens (primary N) is 1. The number of furan rings is 1. The standard InChI is InChI=1S/C25H33N4O6PS/c1-14(2)33-23(30)16(5)28-36(32,29-17(6)24(31)34-15(3)4)20-13-12-19(35-20)21-22(37-25(26)27-21)18-10-8-7-9-11-18/h7-17H,1-6H3,(H2,26,27)(H2,28,29,32)/t16-,17-/m0/s1. The lowest BCUT2D eigenvalue weighted by Gasteiger charge is -2.25. The Bertz CT molecular complexity index is 1240. The van der Waals surface area contributed by atoms with E-state index in [4.69, 9.17) is 19.6 Å². The molecule has 0 radical (unpaired) electrons. The van der Waals surface area contributed by atoms with Gasteiger partial charge in [-0.15, -0.1) is 0 Å². The van der Waals surface area contributed by atoms with Crippen LogP contribution in [0.5, 0.6) is 0 Å². The van der Waals surface area contributed by atoms with Crippen molar-refractivity contribution >= 4 is 41.4 Å². The van der Waals surface area contributed by atoms with E-state index in [0.29, 0.717) is 16.6 Å². The van der Waals surface area contributed by atoms with Gasteiger partial charge in [0.15, 0.2) is 16.4 Å². The number of hydrogen-bond acceptors (Lipinski definition) is 9. The molecule has 10 nitrogen and oxygen atoms in total. The fraction of sp³-hybridized carbons (Fsp3) is 0.400. The van der Waals surface area contributed by atoms with Gasteiger partial charge in [0.2, 0.25) is 0 Å². The molecule has 0 spiro atoms. The van der Waals surface area contributed by atoms with Crippen molar-refractivity contribution in [2.45, 2.75) is 65.8 Å². The van der Waals surface area contributed by atoms with Gasteiger partial charge >= 0.3 is 11.9 Å². The molecule has 2 aromatic heterocycles. The summed E-state index contributed by atoms with van der Waals surface area (Å²) in [5.74, 6) is -0.861. The molecule has 0 aliphatic carbocycles. The molecule has 3 aromatic rings. The molecule has 0 unspecified atom stereocenters. The van der Waals surface area contributed by atoms with Gasteiger partial charge in [-0.1, -0.05) is 41.7 Å². The average molecular weight is 549 g/mol. The van der Waals surface area contributed by atoms with Gasteiger partial charge in [-0.25, -0.2) is 15.2 Å². The van der Waals surface area contributed by atoms with Crippen LogP contribution in [0.1, 0.15) is 41.5 Å². The van der Waals surface area contributed by atoms with Crippen LogP contribution in [0.4, 0.5) is 5.13 Å². The number of benzene rings is 1. The number of thiazole rings is 1. The lowest BCUT2D eigenvalue weighted by Crippen LogP contribution is -2.45. The van der Waals surface area contributed by atoms with Crippen molar-refractivity contribution in [3.05, 3.63) is 42.5 Å². The normalized spacial score (nSPS) is 13.5. The molecule has 1 aromatic carbocycles. The molecule has 4 N–H and O–H groups in total. The zero-order valence-electron chi connectivity index (χ0n) is 21.7. The summed E-state index contributed by atoms with van der Waals surface area (Å²) in [6, 6.07) is 10.8. The van der Waals surface area contributed by atoms with E-state index in [1.54, 1.807) is 33.8 Å². The molecule has 0 saturated heterocycles. The fourth-order valence-corrected chi connectivity index (χ4v) is 6.38. The third-order valence-electron chi connectivity index (χ3n) is 4.98. The second-order valence-electron chi connectivity index (χ2n) is 9.02. The minimum Gasteiger partial charge on any atom is -0.462 e. The molecule has 200 valence electrons. The number of rotatable bonds is 11. The van der Waals surface area contributed by atoms with E-state index >= 15 is 0 Å². The van der Waals surface area contributed by atoms with Crippen LogP contribution < -0.4 is 21.4 Å². The van der Waals surface area contributed by atoms with E-state index in [1.807, 2.05) is 30.3 Å². The Morgan fingerprint density at radius 2 is 1.46 bits per heavy atom. The molecule has 12 heteroatoms. The number of carbonyl (C=O) groups is 2. The predicted octanol–water partition coefficient (Wildman–Crippen LogP) is 4.33. The highest BCUT2D eigenvalue weighted by Crippen LogP contribution is 2.42. The van der Waals surface area contributed by atoms with Crippen LogP contribution in [0.15, 0.2) is 46.9 Å². The molecular weight excluding hydrogens is 515 g/mol. The van der Waals surface area contributed by atoms with Gasteiger partial charge in [-0.3, -0.25) is 14.2 Å². The third kappa shape index (κ3) is 7.29. The number of nitrogens with zero attached hydrogens (tertiary/aromatic N) is 1. The summed E-state index contributed by atoms with van der Waals surface area (Å²) in [6.45, 7) is 9.91. The van der Waals surface area contributed by atoms with Crippen LogP contribution >= 0.6 is 18.8 Å². The molecule has 37 heavy (non-hydrogen) atoms. The Balaban J connectivity index is 1.98. The van der Waals surface area contributed by atoms with Crippen molar-refractivity contribution in [3.63, 3.8) is 0 Å². The Morgan fingerprint density at radius 3 is 1.97 bits per heavy atom. The van der Waals surface area contributed by atoms with E-state index < -0.39 is 31.5 Å².